The molecule has 5 aromatic rings. The second kappa shape index (κ2) is 67.2. The first kappa shape index (κ1) is 129. The van der Waals surface area contributed by atoms with Crippen LogP contribution >= 0.6 is 67.8 Å². The number of hydrogen-bond donors (Lipinski definition) is 13. The van der Waals surface area contributed by atoms with Crippen LogP contribution in [0.25, 0.3) is 41.8 Å². The van der Waals surface area contributed by atoms with E-state index in [-0.39, 0.29) is 282 Å². The molecule has 53 heteroatoms. The molecule has 43 nitrogen and oxygen atoms in total. The Hall–Kier alpha value is -0.0464. The third-order valence-electron chi connectivity index (χ3n) is 16.8. The summed E-state index contributed by atoms with van der Waals surface area (Å²) in [5, 5.41) is 121. The number of nitrogens with zero attached hydrogens (tertiary/aromatic N) is 13. The van der Waals surface area contributed by atoms with E-state index in [0.717, 1.165) is 37.6 Å². The van der Waals surface area contributed by atoms with Gasteiger partial charge in [-0.1, -0.05) is 199 Å². The maximum atomic E-state index is 12.5. The second-order valence-electron chi connectivity index (χ2n) is 26.0. The molecule has 7 aliphatic rings. The molecule has 7 aliphatic heterocycles. The van der Waals surface area contributed by atoms with E-state index in [9.17, 15) is 29.4 Å². The number of benzene rings is 4. The average molecular weight is 3660 g/mol. The van der Waals surface area contributed by atoms with Gasteiger partial charge in [0.15, 0.2) is 22.9 Å². The van der Waals surface area contributed by atoms with Gasteiger partial charge in [0.2, 0.25) is 0 Å². The molecule has 7 fully saturated rings. The molecule has 0 amide bonds. The molecular weight excluding hydrogens is 3570 g/mol. The predicted octanol–water partition coefficient (Wildman–Crippen LogP) is 5.61. The summed E-state index contributed by atoms with van der Waals surface area (Å²) < 4.78 is 48.7. The summed E-state index contributed by atoms with van der Waals surface area (Å²) in [6.45, 7) is 18.4. The summed E-state index contributed by atoms with van der Waals surface area (Å²) >= 11 is 6.01. The molecule has 20 atom stereocenters. The number of hydrogen-bond acceptors (Lipinski definition) is 33. The van der Waals surface area contributed by atoms with Gasteiger partial charge in [0.1, 0.15) is 31.5 Å². The Balaban J connectivity index is -0.00000142. The standard InChI is InChI=1S/C20H20N3O5.C19H17IN3O5.C8H12N2O2.C5H7IN3O3.C5H8IO3.C5H8N3O4.C5H9O4.C5H7O3.7U/c1-2-20(22-23-21)18(27-19(24)16-11-7-4-8-12-16)17(14-25-20)28-26-13-15-9-5-3-6-10-15;20-13-19(22-23-21)17(27-18(24)15-9-5-2-6-10-15)16(12-25-19)28-26-11-14-7-3-1-4-8-14;1-8(2,3)10-5-4-6(11)9-7(10)12;6-2-5(8-9-7)4(11)3(10)1-12-5;6-1-4-5(8)3(7)2-9-4;6-8-7-5(2-9)4(11)3(10)1-12-5;6-1-4-5(8)3(7)2-9-4;1-3-5(7)4(6)2-8-3;;;;;;;/h3-12,14,17-18H,2,13H2,1H3;1-10,12,16-17H,11,13H2;4-5H,1-3H3,(H,9,11,12);1,3-4,10-11H,2H2;2-5,7-8H,1H2;1,3-4,9-11H,2H2;2-8H,1H2;2,4-7H,1H2;;;;;;;/q2*-1;;5*-1;;;;;;;/t17-,18-,20+;16-,17-,19+;;3-,4-,5+;3-,4+,5-;3-,4-,5+;3-,4+,5-;4-,5+;;;;;;;/m00.00000......./s1. The van der Waals surface area contributed by atoms with Crippen LogP contribution in [0, 0.1) is 264 Å². The molecular formula is C72H88I3N14O29U7-7. The number of esters is 2. The normalized spacial score (nSPS) is 28.3. The van der Waals surface area contributed by atoms with Gasteiger partial charge in [-0.25, -0.2) is 24.2 Å². The molecule has 12 rings (SSSR count). The van der Waals surface area contributed by atoms with E-state index >= 15 is 0 Å². The van der Waals surface area contributed by atoms with Crippen LogP contribution in [0.2, 0.25) is 0 Å². The topological polar surface area (TPSA) is 647 Å². The van der Waals surface area contributed by atoms with E-state index in [1.54, 1.807) is 67.6 Å². The van der Waals surface area contributed by atoms with Crippen LogP contribution < -0.4 is 11.2 Å². The fourth-order valence-electron chi connectivity index (χ4n) is 10.1. The third-order valence-corrected chi connectivity index (χ3v) is 19.8. The molecule has 0 spiro atoms. The van der Waals surface area contributed by atoms with Crippen molar-refractivity contribution in [2.75, 3.05) is 26.5 Å². The number of halogens is 3. The van der Waals surface area contributed by atoms with E-state index < -0.39 is 133 Å². The Kier molecular flexibility index (Phi) is 69.4. The van der Waals surface area contributed by atoms with E-state index in [2.05, 4.69) is 88.5 Å². The summed E-state index contributed by atoms with van der Waals surface area (Å²) in [7, 11) is 0. The number of aromatic nitrogens is 2. The molecule has 13 N–H and O–H groups in total. The van der Waals surface area contributed by atoms with Gasteiger partial charge in [0.05, 0.1) is 66.7 Å². The second-order valence-corrected chi connectivity index (χ2v) is 28.4. The zero-order chi connectivity index (χ0) is 87.2. The number of alkyl halides is 3. The number of rotatable bonds is 22. The maximum Gasteiger partial charge on any atom is 0.338 e. The summed E-state index contributed by atoms with van der Waals surface area (Å²) in [5.41, 5.74) is 29.8. The minimum absolute atomic E-state index is 0. The van der Waals surface area contributed by atoms with Crippen LogP contribution in [0.15, 0.2) is 176 Å². The molecule has 7 saturated heterocycles. The van der Waals surface area contributed by atoms with Gasteiger partial charge in [-0.2, -0.15) is 39.6 Å². The zero-order valence-corrected chi connectivity index (χ0v) is 102. The van der Waals surface area contributed by atoms with Gasteiger partial charge in [0, 0.05) is 281 Å². The van der Waals surface area contributed by atoms with E-state index in [1.165, 1.54) is 36.7 Å². The smallest absolute Gasteiger partial charge is 0.338 e. The molecule has 0 aliphatic carbocycles. The Bertz CT molecular complexity index is 4030. The number of aliphatic hydroxyl groups is 12. The number of carbonyl (C=O) groups is 2. The molecule has 676 valence electrons. The molecule has 125 heavy (non-hydrogen) atoms. The minimum atomic E-state index is -1.77. The van der Waals surface area contributed by atoms with E-state index in [0.29, 0.717) is 15.6 Å². The Morgan fingerprint density at radius 2 is 0.896 bits per heavy atom. The van der Waals surface area contributed by atoms with E-state index in [4.69, 9.17) is 121 Å². The molecule has 0 unspecified atom stereocenters. The Morgan fingerprint density at radius 1 is 0.520 bits per heavy atom. The first-order valence-corrected chi connectivity index (χ1v) is 39.6. The molecule has 0 saturated carbocycles. The Labute approximate surface area is 924 Å². The van der Waals surface area contributed by atoms with Crippen LogP contribution in [0.1, 0.15) is 66.0 Å². The van der Waals surface area contributed by atoms with Crippen molar-refractivity contribution in [2.45, 2.75) is 173 Å². The zero-order valence-electron chi connectivity index (χ0n) is 66.6. The number of aromatic amines is 1. The van der Waals surface area contributed by atoms with Gasteiger partial charge in [-0.3, -0.25) is 24.1 Å². The number of aliphatic hydroxyl groups excluding tert-OH is 12. The van der Waals surface area contributed by atoms with Gasteiger partial charge >= 0.3 is 17.6 Å². The van der Waals surface area contributed by atoms with Crippen LogP contribution in [0.5, 0.6) is 0 Å². The first-order valence-electron chi connectivity index (χ1n) is 35.0. The predicted molar refractivity (Wildman–Crippen MR) is 433 cm³/mol. The van der Waals surface area contributed by atoms with Gasteiger partial charge < -0.3 is 104 Å². The van der Waals surface area contributed by atoms with Gasteiger partial charge in [-0.15, -0.1) is 6.61 Å². The molecule has 0 radical (unpaired) electrons. The summed E-state index contributed by atoms with van der Waals surface area (Å²) in [6, 6.07) is 37.3. The van der Waals surface area contributed by atoms with Gasteiger partial charge in [-0.05, 0) is 115 Å². The summed E-state index contributed by atoms with van der Waals surface area (Å²) in [6.07, 6.45) is -13.1. The van der Waals surface area contributed by atoms with Gasteiger partial charge in [0.25, 0.3) is 5.56 Å². The molecule has 1 aromatic heterocycles. The largest absolute Gasteiger partial charge is 0.661 e. The number of carbonyl (C=O) groups excluding carboxylic acids is 2. The van der Waals surface area contributed by atoms with Crippen LogP contribution in [-0.2, 0) is 80.9 Å². The van der Waals surface area contributed by atoms with Crippen molar-refractivity contribution in [3.63, 3.8) is 0 Å². The van der Waals surface area contributed by atoms with Crippen molar-refractivity contribution in [1.29, 1.82) is 0 Å². The maximum absolute atomic E-state index is 12.5. The number of nitrogens with one attached hydrogen (secondary N) is 1. The average Bonchev–Trinajstić information content (AvgIpc) is 1.63. The monoisotopic (exact) mass is 3660 g/mol. The van der Waals surface area contributed by atoms with Crippen LogP contribution in [-0.4, -0.2) is 230 Å². The third kappa shape index (κ3) is 40.3. The fraction of sp³-hybridized carbons (Fsp3) is 0.458. The van der Waals surface area contributed by atoms with Crippen molar-refractivity contribution >= 4 is 79.7 Å². The number of ether oxygens (including phenoxy) is 9. The first-order chi connectivity index (χ1) is 56.3. The summed E-state index contributed by atoms with van der Waals surface area (Å²) in [4.78, 5) is 81.2. The van der Waals surface area contributed by atoms with Crippen LogP contribution in [0.4, 0.5) is 0 Å². The van der Waals surface area contributed by atoms with Crippen molar-refractivity contribution < 1.29 is 351 Å². The SMILES string of the molecule is C=C1O[CH-][C@H](O)[C@@H]1O.CC(C)(C)n1ccc(=O)[nH]c1=O.CC[C@@]1(N=[N+]=[N-])O[CH-][C@H](OOCc2ccccc2)[C@@H]1OC(=O)c1ccccc1.OC[C@H]1O[CH-][C@H](O)[C@@H]1O.O[C@H]1[C@@H](O)[CH-]O[C@@H]1CI.[N-]=[N+]=N[C@]1(CI)O[CH-][C@H](O)[C@@H]1O.[N-]=[N+]=N[C@]1(CI)O[CH-][C@H](OOCc2ccccc2)[C@@H]1OC(=O)c1ccccc1.[N-]=[N+]=N[C@]1(CO)O[CH-][C@H](O)[C@@H]1O.[U].[U].[U].[U].[U].[U].[U]. The van der Waals surface area contributed by atoms with Crippen molar-refractivity contribution in [3.05, 3.63) is 277 Å². The quantitative estimate of drug-likeness (QED) is 0.00461. The minimum Gasteiger partial charge on any atom is -0.661 e. The fourth-order valence-corrected chi connectivity index (χ4v) is 12.4. The Morgan fingerprint density at radius 3 is 1.20 bits per heavy atom. The molecule has 0 bridgehead atoms. The molecule has 8 heterocycles. The number of azide groups is 4. The van der Waals surface area contributed by atoms with Crippen molar-refractivity contribution in [3.8, 4) is 0 Å². The van der Waals surface area contributed by atoms with Crippen molar-refractivity contribution in [1.82, 2.24) is 9.55 Å². The summed E-state index contributed by atoms with van der Waals surface area (Å²) in [5.74, 6) is -0.951. The molecule has 4 aromatic carbocycles. The van der Waals surface area contributed by atoms with E-state index in [1.807, 2.05) is 127 Å². The van der Waals surface area contributed by atoms with Crippen molar-refractivity contribution in [2.24, 2.45) is 20.5 Å². The number of H-pyrrole nitrogens is 1. The van der Waals surface area contributed by atoms with Crippen LogP contribution in [0.3, 0.4) is 0 Å².